The van der Waals surface area contributed by atoms with E-state index in [0.717, 1.165) is 10.5 Å². The van der Waals surface area contributed by atoms with Crippen molar-refractivity contribution < 1.29 is 19.1 Å². The van der Waals surface area contributed by atoms with E-state index < -0.39 is 11.8 Å². The van der Waals surface area contributed by atoms with Gasteiger partial charge in [-0.2, -0.15) is 0 Å². The fraction of sp³-hybridized carbons (Fsp3) is 0.120. The van der Waals surface area contributed by atoms with Gasteiger partial charge >= 0.3 is 0 Å². The molecule has 32 heavy (non-hydrogen) atoms. The topological polar surface area (TPSA) is 67.9 Å². The van der Waals surface area contributed by atoms with Gasteiger partial charge in [0.2, 0.25) is 0 Å². The van der Waals surface area contributed by atoms with E-state index in [1.807, 2.05) is 31.2 Å². The lowest BCUT2D eigenvalue weighted by Gasteiger charge is -2.16. The van der Waals surface area contributed by atoms with E-state index in [1.165, 1.54) is 7.11 Å². The minimum Gasteiger partial charge on any atom is -0.497 e. The lowest BCUT2D eigenvalue weighted by atomic mass is 10.0. The number of rotatable bonds is 6. The third-order valence-corrected chi connectivity index (χ3v) is 5.41. The maximum absolute atomic E-state index is 13.5. The van der Waals surface area contributed by atoms with Crippen LogP contribution < -0.4 is 19.7 Å². The van der Waals surface area contributed by atoms with Gasteiger partial charge in [0.05, 0.1) is 31.2 Å². The van der Waals surface area contributed by atoms with E-state index in [4.69, 9.17) is 21.1 Å². The second-order valence-corrected chi connectivity index (χ2v) is 7.67. The second kappa shape index (κ2) is 8.77. The van der Waals surface area contributed by atoms with Gasteiger partial charge in [0.25, 0.3) is 11.8 Å². The Morgan fingerprint density at radius 2 is 1.53 bits per heavy atom. The highest BCUT2D eigenvalue weighted by Gasteiger charge is 2.40. The molecule has 0 spiro atoms. The number of aryl methyl sites for hydroxylation is 1. The molecular weight excluding hydrogens is 428 g/mol. The predicted octanol–water partition coefficient (Wildman–Crippen LogP) is 5.06. The van der Waals surface area contributed by atoms with Crippen LogP contribution in [0, 0.1) is 6.92 Å². The number of nitrogens with zero attached hydrogens (tertiary/aromatic N) is 1. The molecule has 0 saturated carbocycles. The summed E-state index contributed by atoms with van der Waals surface area (Å²) in [5, 5.41) is 3.57. The zero-order valence-electron chi connectivity index (χ0n) is 17.8. The fourth-order valence-electron chi connectivity index (χ4n) is 3.51. The standard InChI is InChI=1S/C25H21ClN2O4/c1-15-4-6-16(7-5-15)22-23(27-20-14-17(26)8-13-21(20)32-3)25(30)28(24(22)29)18-9-11-19(31-2)12-10-18/h4-14,27H,1-3H3. The molecule has 4 rings (SSSR count). The maximum atomic E-state index is 13.5. The minimum atomic E-state index is -0.474. The Bertz CT molecular complexity index is 1220. The highest BCUT2D eigenvalue weighted by Crippen LogP contribution is 2.37. The van der Waals surface area contributed by atoms with Gasteiger partial charge in [0.15, 0.2) is 0 Å². The number of hydrogen-bond acceptors (Lipinski definition) is 5. The molecule has 1 aliphatic rings. The Hall–Kier alpha value is -3.77. The summed E-state index contributed by atoms with van der Waals surface area (Å²) >= 11 is 6.16. The summed E-state index contributed by atoms with van der Waals surface area (Å²) in [6.07, 6.45) is 0. The van der Waals surface area contributed by atoms with Crippen LogP contribution in [-0.2, 0) is 9.59 Å². The van der Waals surface area contributed by atoms with Gasteiger partial charge in [-0.25, -0.2) is 4.90 Å². The van der Waals surface area contributed by atoms with Gasteiger partial charge < -0.3 is 14.8 Å². The van der Waals surface area contributed by atoms with Crippen molar-refractivity contribution in [2.24, 2.45) is 0 Å². The number of anilines is 2. The van der Waals surface area contributed by atoms with Crippen LogP contribution in [0.1, 0.15) is 11.1 Å². The van der Waals surface area contributed by atoms with Gasteiger partial charge in [0.1, 0.15) is 17.2 Å². The number of ether oxygens (including phenoxy) is 2. The normalized spacial score (nSPS) is 13.6. The summed E-state index contributed by atoms with van der Waals surface area (Å²) in [7, 11) is 3.08. The molecule has 0 bridgehead atoms. The Balaban J connectivity index is 1.83. The number of imide groups is 1. The predicted molar refractivity (Wildman–Crippen MR) is 125 cm³/mol. The second-order valence-electron chi connectivity index (χ2n) is 7.23. The molecule has 0 radical (unpaired) electrons. The van der Waals surface area contributed by atoms with E-state index in [0.29, 0.717) is 33.5 Å². The summed E-state index contributed by atoms with van der Waals surface area (Å²) in [5.74, 6) is 0.222. The van der Waals surface area contributed by atoms with Crippen LogP contribution in [0.15, 0.2) is 72.4 Å². The summed E-state index contributed by atoms with van der Waals surface area (Å²) in [4.78, 5) is 28.1. The van der Waals surface area contributed by atoms with Gasteiger partial charge in [-0.3, -0.25) is 9.59 Å². The number of carbonyl (C=O) groups is 2. The van der Waals surface area contributed by atoms with E-state index in [9.17, 15) is 9.59 Å². The first-order valence-corrected chi connectivity index (χ1v) is 10.3. The lowest BCUT2D eigenvalue weighted by Crippen LogP contribution is -2.32. The van der Waals surface area contributed by atoms with Crippen LogP contribution in [0.3, 0.4) is 0 Å². The first-order valence-electron chi connectivity index (χ1n) is 9.87. The number of hydrogen-bond donors (Lipinski definition) is 1. The molecule has 7 heteroatoms. The number of amides is 2. The average molecular weight is 449 g/mol. The van der Waals surface area contributed by atoms with E-state index >= 15 is 0 Å². The van der Waals surface area contributed by atoms with Crippen molar-refractivity contribution in [3.05, 3.63) is 88.6 Å². The SMILES string of the molecule is COc1ccc(N2C(=O)C(Nc3cc(Cl)ccc3OC)=C(c3ccc(C)cc3)C2=O)cc1. The molecule has 2 amide bonds. The third kappa shape index (κ3) is 3.92. The molecule has 0 aliphatic carbocycles. The van der Waals surface area contributed by atoms with Crippen LogP contribution >= 0.6 is 11.6 Å². The van der Waals surface area contributed by atoms with E-state index in [-0.39, 0.29) is 11.3 Å². The summed E-state index contributed by atoms with van der Waals surface area (Å²) in [5.41, 5.74) is 3.03. The summed E-state index contributed by atoms with van der Waals surface area (Å²) in [6, 6.07) is 19.2. The highest BCUT2D eigenvalue weighted by atomic mass is 35.5. The first kappa shape index (κ1) is 21.5. The van der Waals surface area contributed by atoms with Crippen LogP contribution in [0.25, 0.3) is 5.57 Å². The Labute approximate surface area is 191 Å². The maximum Gasteiger partial charge on any atom is 0.282 e. The molecule has 0 atom stereocenters. The first-order chi connectivity index (χ1) is 15.4. The Morgan fingerprint density at radius 1 is 0.844 bits per heavy atom. The molecular formula is C25H21ClN2O4. The van der Waals surface area contributed by atoms with Crippen LogP contribution in [0.4, 0.5) is 11.4 Å². The molecule has 3 aromatic carbocycles. The lowest BCUT2D eigenvalue weighted by molar-refractivity contribution is -0.120. The van der Waals surface area contributed by atoms with Gasteiger partial charge in [0, 0.05) is 5.02 Å². The van der Waals surface area contributed by atoms with E-state index in [2.05, 4.69) is 5.32 Å². The Morgan fingerprint density at radius 3 is 2.16 bits per heavy atom. The monoisotopic (exact) mass is 448 g/mol. The number of carbonyl (C=O) groups excluding carboxylic acids is 2. The number of methoxy groups -OCH3 is 2. The Kier molecular flexibility index (Phi) is 5.88. The molecule has 0 unspecified atom stereocenters. The molecule has 0 saturated heterocycles. The summed E-state index contributed by atoms with van der Waals surface area (Å²) < 4.78 is 10.6. The average Bonchev–Trinajstić information content (AvgIpc) is 3.04. The number of nitrogens with one attached hydrogen (secondary N) is 1. The molecule has 0 aromatic heterocycles. The molecule has 3 aromatic rings. The fourth-order valence-corrected chi connectivity index (χ4v) is 3.68. The van der Waals surface area contributed by atoms with Crippen LogP contribution in [0.2, 0.25) is 5.02 Å². The van der Waals surface area contributed by atoms with Crippen molar-refractivity contribution >= 4 is 40.4 Å². The molecule has 1 N–H and O–H groups in total. The van der Waals surface area contributed by atoms with Crippen molar-refractivity contribution in [2.75, 3.05) is 24.4 Å². The van der Waals surface area contributed by atoms with Gasteiger partial charge in [-0.15, -0.1) is 0 Å². The third-order valence-electron chi connectivity index (χ3n) is 5.18. The van der Waals surface area contributed by atoms with E-state index in [1.54, 1.807) is 49.6 Å². The number of benzene rings is 3. The molecule has 1 aliphatic heterocycles. The summed E-state index contributed by atoms with van der Waals surface area (Å²) in [6.45, 7) is 1.96. The molecule has 162 valence electrons. The van der Waals surface area contributed by atoms with Gasteiger partial charge in [-0.1, -0.05) is 41.4 Å². The largest absolute Gasteiger partial charge is 0.497 e. The smallest absolute Gasteiger partial charge is 0.282 e. The van der Waals surface area contributed by atoms with Crippen molar-refractivity contribution in [1.29, 1.82) is 0 Å². The van der Waals surface area contributed by atoms with Crippen molar-refractivity contribution in [3.63, 3.8) is 0 Å². The zero-order chi connectivity index (χ0) is 22.8. The quantitative estimate of drug-likeness (QED) is 0.534. The van der Waals surface area contributed by atoms with Gasteiger partial charge in [-0.05, 0) is 55.0 Å². The highest BCUT2D eigenvalue weighted by molar-refractivity contribution is 6.46. The van der Waals surface area contributed by atoms with Crippen molar-refractivity contribution in [3.8, 4) is 11.5 Å². The van der Waals surface area contributed by atoms with Crippen LogP contribution in [-0.4, -0.2) is 26.0 Å². The van der Waals surface area contributed by atoms with Crippen molar-refractivity contribution in [1.82, 2.24) is 0 Å². The minimum absolute atomic E-state index is 0.148. The molecule has 0 fully saturated rings. The van der Waals surface area contributed by atoms with Crippen molar-refractivity contribution in [2.45, 2.75) is 6.92 Å². The van der Waals surface area contributed by atoms with Crippen LogP contribution in [0.5, 0.6) is 11.5 Å². The molecule has 6 nitrogen and oxygen atoms in total. The molecule has 1 heterocycles. The number of halogens is 1. The zero-order valence-corrected chi connectivity index (χ0v) is 18.6.